The zero-order valence-corrected chi connectivity index (χ0v) is 21.5. The van der Waals surface area contributed by atoms with Gasteiger partial charge in [0, 0.05) is 19.0 Å². The molecule has 2 aromatic rings. The molecular formula is C28H41FN4O2. The predicted molar refractivity (Wildman–Crippen MR) is 137 cm³/mol. The van der Waals surface area contributed by atoms with Crippen LogP contribution in [0.25, 0.3) is 11.5 Å². The topological polar surface area (TPSA) is 61.6 Å². The molecule has 0 unspecified atom stereocenters. The van der Waals surface area contributed by atoms with Gasteiger partial charge in [-0.15, -0.1) is 0 Å². The van der Waals surface area contributed by atoms with Gasteiger partial charge < -0.3 is 14.6 Å². The fourth-order valence-electron chi connectivity index (χ4n) is 5.37. The molecule has 7 heteroatoms. The van der Waals surface area contributed by atoms with Crippen molar-refractivity contribution < 1.29 is 13.6 Å². The van der Waals surface area contributed by atoms with Crippen molar-refractivity contribution in [3.8, 4) is 11.5 Å². The molecule has 1 aromatic heterocycles. The molecule has 2 aliphatic rings. The summed E-state index contributed by atoms with van der Waals surface area (Å²) in [5.74, 6) is 1.11. The van der Waals surface area contributed by atoms with Gasteiger partial charge in [0.15, 0.2) is 0 Å². The van der Waals surface area contributed by atoms with Crippen molar-refractivity contribution in [2.75, 3.05) is 39.3 Å². The number of hydrogen-bond acceptors (Lipinski definition) is 5. The number of oxazole rings is 1. The molecule has 3 heterocycles. The number of rotatable bonds is 10. The molecular weight excluding hydrogens is 443 g/mol. The quantitative estimate of drug-likeness (QED) is 0.484. The number of benzene rings is 1. The number of likely N-dealkylation sites (tertiary alicyclic amines) is 2. The minimum absolute atomic E-state index is 0.0882. The normalized spacial score (nSPS) is 18.1. The lowest BCUT2D eigenvalue weighted by Crippen LogP contribution is -2.41. The summed E-state index contributed by atoms with van der Waals surface area (Å²) in [6.07, 6.45) is 8.44. The van der Waals surface area contributed by atoms with E-state index in [1.54, 1.807) is 6.07 Å². The van der Waals surface area contributed by atoms with Gasteiger partial charge in [-0.2, -0.15) is 0 Å². The van der Waals surface area contributed by atoms with Crippen LogP contribution < -0.4 is 5.32 Å². The van der Waals surface area contributed by atoms with Crippen molar-refractivity contribution in [1.82, 2.24) is 20.1 Å². The summed E-state index contributed by atoms with van der Waals surface area (Å²) in [5, 5.41) is 3.16. The predicted octanol–water partition coefficient (Wildman–Crippen LogP) is 4.95. The van der Waals surface area contributed by atoms with Crippen LogP contribution in [0.1, 0.15) is 68.9 Å². The smallest absolute Gasteiger partial charge is 0.229 e. The molecule has 192 valence electrons. The second-order valence-electron chi connectivity index (χ2n) is 10.1. The van der Waals surface area contributed by atoms with Crippen LogP contribution in [0, 0.1) is 18.7 Å². The van der Waals surface area contributed by atoms with Crippen molar-refractivity contribution in [2.45, 2.75) is 71.8 Å². The monoisotopic (exact) mass is 484 g/mol. The summed E-state index contributed by atoms with van der Waals surface area (Å²) in [6.45, 7) is 10.6. The fraction of sp³-hybridized carbons (Fsp3) is 0.643. The zero-order valence-electron chi connectivity index (χ0n) is 21.5. The summed E-state index contributed by atoms with van der Waals surface area (Å²) < 4.78 is 20.6. The Labute approximate surface area is 209 Å². The van der Waals surface area contributed by atoms with Crippen molar-refractivity contribution in [3.05, 3.63) is 41.0 Å². The van der Waals surface area contributed by atoms with Crippen LogP contribution in [0.15, 0.2) is 22.6 Å². The highest BCUT2D eigenvalue weighted by Crippen LogP contribution is 2.30. The molecule has 0 aliphatic carbocycles. The molecule has 0 radical (unpaired) electrons. The van der Waals surface area contributed by atoms with Gasteiger partial charge in [0.05, 0.1) is 11.3 Å². The first kappa shape index (κ1) is 25.8. The van der Waals surface area contributed by atoms with E-state index in [0.717, 1.165) is 75.3 Å². The summed E-state index contributed by atoms with van der Waals surface area (Å²) in [4.78, 5) is 22.2. The second-order valence-corrected chi connectivity index (χ2v) is 10.1. The Hall–Kier alpha value is -2.25. The Balaban J connectivity index is 1.24. The van der Waals surface area contributed by atoms with Gasteiger partial charge in [-0.25, -0.2) is 9.37 Å². The second kappa shape index (κ2) is 12.6. The Kier molecular flexibility index (Phi) is 9.32. The Morgan fingerprint density at radius 3 is 2.66 bits per heavy atom. The Morgan fingerprint density at radius 2 is 1.91 bits per heavy atom. The van der Waals surface area contributed by atoms with Crippen LogP contribution in [0.4, 0.5) is 4.39 Å². The van der Waals surface area contributed by atoms with Gasteiger partial charge in [-0.3, -0.25) is 9.69 Å². The zero-order chi connectivity index (χ0) is 24.6. The SMILES string of the molecule is CCCc1cccc(F)c1-c1nc(CN2CCC(C(=O)NCCCN3CCCCC3)CC2)c(C)o1. The number of hydrogen-bond donors (Lipinski definition) is 1. The van der Waals surface area contributed by atoms with Crippen molar-refractivity contribution in [2.24, 2.45) is 5.92 Å². The van der Waals surface area contributed by atoms with Crippen molar-refractivity contribution in [1.29, 1.82) is 0 Å². The first-order valence-electron chi connectivity index (χ1n) is 13.5. The van der Waals surface area contributed by atoms with Gasteiger partial charge in [0.1, 0.15) is 11.6 Å². The van der Waals surface area contributed by atoms with E-state index < -0.39 is 0 Å². The number of nitrogens with one attached hydrogen (secondary N) is 1. The van der Waals surface area contributed by atoms with Gasteiger partial charge in [0.25, 0.3) is 0 Å². The molecule has 0 saturated carbocycles. The number of aromatic nitrogens is 1. The Bertz CT molecular complexity index is 962. The highest BCUT2D eigenvalue weighted by molar-refractivity contribution is 5.78. The molecule has 4 rings (SSSR count). The van der Waals surface area contributed by atoms with E-state index in [0.29, 0.717) is 18.0 Å². The van der Waals surface area contributed by atoms with Gasteiger partial charge in [0.2, 0.25) is 11.8 Å². The van der Waals surface area contributed by atoms with E-state index in [4.69, 9.17) is 4.42 Å². The number of amides is 1. The highest BCUT2D eigenvalue weighted by Gasteiger charge is 2.26. The third-order valence-corrected chi connectivity index (χ3v) is 7.46. The minimum atomic E-state index is -0.286. The molecule has 2 saturated heterocycles. The average molecular weight is 485 g/mol. The molecule has 1 amide bonds. The van der Waals surface area contributed by atoms with Gasteiger partial charge >= 0.3 is 0 Å². The van der Waals surface area contributed by atoms with Crippen LogP contribution in [-0.2, 0) is 17.8 Å². The van der Waals surface area contributed by atoms with Crippen molar-refractivity contribution >= 4 is 5.91 Å². The van der Waals surface area contributed by atoms with Crippen LogP contribution in [-0.4, -0.2) is 60.0 Å². The number of halogens is 1. The fourth-order valence-corrected chi connectivity index (χ4v) is 5.37. The molecule has 1 N–H and O–H groups in total. The molecule has 0 spiro atoms. The van der Waals surface area contributed by atoms with E-state index in [1.165, 1.54) is 38.4 Å². The number of carbonyl (C=O) groups excluding carboxylic acids is 1. The summed E-state index contributed by atoms with van der Waals surface area (Å²) >= 11 is 0. The molecule has 1 aromatic carbocycles. The molecule has 2 aliphatic heterocycles. The molecule has 6 nitrogen and oxygen atoms in total. The lowest BCUT2D eigenvalue weighted by molar-refractivity contribution is -0.126. The summed E-state index contributed by atoms with van der Waals surface area (Å²) in [7, 11) is 0. The minimum Gasteiger partial charge on any atom is -0.441 e. The van der Waals surface area contributed by atoms with E-state index in [1.807, 2.05) is 13.0 Å². The van der Waals surface area contributed by atoms with Gasteiger partial charge in [-0.1, -0.05) is 31.9 Å². The van der Waals surface area contributed by atoms with Crippen LogP contribution >= 0.6 is 0 Å². The lowest BCUT2D eigenvalue weighted by Gasteiger charge is -2.31. The maximum atomic E-state index is 14.6. The largest absolute Gasteiger partial charge is 0.441 e. The standard InChI is InChI=1S/C28H41FN4O2/c1-3-9-22-10-7-11-24(29)26(22)28-31-25(21(2)35-28)20-33-18-12-23(13-19-33)27(34)30-14-8-17-32-15-5-4-6-16-32/h7,10-11,23H,3-6,8-9,12-20H2,1-2H3,(H,30,34). The molecule has 0 bridgehead atoms. The van der Waals surface area contributed by atoms with Crippen LogP contribution in [0.2, 0.25) is 0 Å². The highest BCUT2D eigenvalue weighted by atomic mass is 19.1. The molecule has 2 fully saturated rings. The molecule has 35 heavy (non-hydrogen) atoms. The average Bonchev–Trinajstić information content (AvgIpc) is 3.22. The number of carbonyl (C=O) groups is 1. The van der Waals surface area contributed by atoms with Crippen LogP contribution in [0.5, 0.6) is 0 Å². The third kappa shape index (κ3) is 6.91. The first-order chi connectivity index (χ1) is 17.0. The van der Waals surface area contributed by atoms with E-state index in [9.17, 15) is 9.18 Å². The maximum absolute atomic E-state index is 14.6. The summed E-state index contributed by atoms with van der Waals surface area (Å²) in [5.41, 5.74) is 2.27. The Morgan fingerprint density at radius 1 is 1.14 bits per heavy atom. The molecule has 0 atom stereocenters. The summed E-state index contributed by atoms with van der Waals surface area (Å²) in [6, 6.07) is 5.16. The van der Waals surface area contributed by atoms with Gasteiger partial charge in [-0.05, 0) is 89.8 Å². The number of aryl methyl sites for hydroxylation is 2. The maximum Gasteiger partial charge on any atom is 0.229 e. The van der Waals surface area contributed by atoms with Crippen LogP contribution in [0.3, 0.4) is 0 Å². The lowest BCUT2D eigenvalue weighted by atomic mass is 9.95. The van der Waals surface area contributed by atoms with E-state index in [2.05, 4.69) is 27.0 Å². The number of nitrogens with zero attached hydrogens (tertiary/aromatic N) is 3. The van der Waals surface area contributed by atoms with Crippen molar-refractivity contribution in [3.63, 3.8) is 0 Å². The first-order valence-corrected chi connectivity index (χ1v) is 13.5. The number of piperidine rings is 2. The van der Waals surface area contributed by atoms with E-state index >= 15 is 0 Å². The van der Waals surface area contributed by atoms with E-state index in [-0.39, 0.29) is 17.6 Å². The third-order valence-electron chi connectivity index (χ3n) is 7.46.